The molecule has 0 fully saturated rings. The van der Waals surface area contributed by atoms with E-state index in [0.717, 1.165) is 28.1 Å². The summed E-state index contributed by atoms with van der Waals surface area (Å²) in [6.07, 6.45) is 0.908. The van der Waals surface area contributed by atoms with Gasteiger partial charge in [-0.2, -0.15) is 0 Å². The maximum Gasteiger partial charge on any atom is 0.233 e. The fourth-order valence-electron chi connectivity index (χ4n) is 5.00. The van der Waals surface area contributed by atoms with Crippen LogP contribution in [0.2, 0.25) is 0 Å². The number of fused-ring (bicyclic) bond motifs is 1. The normalized spacial score (nSPS) is 19.5. The number of phenolic OH excluding ortho intramolecular Hbond substituents is 1. The Labute approximate surface area is 192 Å². The molecule has 0 saturated heterocycles. The summed E-state index contributed by atoms with van der Waals surface area (Å²) in [5.41, 5.74) is 4.80. The van der Waals surface area contributed by atoms with Gasteiger partial charge < -0.3 is 24.4 Å². The molecule has 0 amide bonds. The second-order valence-electron chi connectivity index (χ2n) is 8.39. The Morgan fingerprint density at radius 2 is 2.00 bits per heavy atom. The van der Waals surface area contributed by atoms with Crippen LogP contribution in [0, 0.1) is 6.92 Å². The van der Waals surface area contributed by atoms with Crippen molar-refractivity contribution < 1.29 is 23.9 Å². The highest BCUT2D eigenvalue weighted by Crippen LogP contribution is 2.50. The second-order valence-corrected chi connectivity index (χ2v) is 8.39. The van der Waals surface area contributed by atoms with Gasteiger partial charge in [0.1, 0.15) is 5.75 Å². The van der Waals surface area contributed by atoms with E-state index in [1.165, 1.54) is 0 Å². The van der Waals surface area contributed by atoms with E-state index in [-0.39, 0.29) is 23.4 Å². The maximum atomic E-state index is 13.6. The molecule has 1 aliphatic carbocycles. The Kier molecular flexibility index (Phi) is 5.32. The van der Waals surface area contributed by atoms with Crippen molar-refractivity contribution in [2.75, 3.05) is 19.0 Å². The Morgan fingerprint density at radius 1 is 1.18 bits per heavy atom. The van der Waals surface area contributed by atoms with E-state index in [0.29, 0.717) is 42.4 Å². The zero-order valence-corrected chi connectivity index (χ0v) is 18.8. The minimum atomic E-state index is -0.328. The van der Waals surface area contributed by atoms with Gasteiger partial charge in [0.25, 0.3) is 0 Å². The quantitative estimate of drug-likeness (QED) is 0.566. The summed E-state index contributed by atoms with van der Waals surface area (Å²) in [4.78, 5) is 13.6. The molecule has 1 aromatic heterocycles. The highest BCUT2D eigenvalue weighted by molar-refractivity contribution is 6.01. The van der Waals surface area contributed by atoms with E-state index in [4.69, 9.17) is 14.0 Å². The zero-order chi connectivity index (χ0) is 23.1. The van der Waals surface area contributed by atoms with Crippen molar-refractivity contribution in [3.05, 3.63) is 76.1 Å². The number of methoxy groups -OCH3 is 1. The van der Waals surface area contributed by atoms with Crippen LogP contribution in [0.5, 0.6) is 17.2 Å². The molecule has 7 nitrogen and oxygen atoms in total. The lowest BCUT2D eigenvalue weighted by Crippen LogP contribution is -2.29. The van der Waals surface area contributed by atoms with Gasteiger partial charge in [-0.05, 0) is 49.6 Å². The van der Waals surface area contributed by atoms with Crippen molar-refractivity contribution >= 4 is 11.7 Å². The van der Waals surface area contributed by atoms with E-state index in [9.17, 15) is 9.90 Å². The van der Waals surface area contributed by atoms with Gasteiger partial charge in [0.05, 0.1) is 25.0 Å². The number of aromatic hydroxyl groups is 1. The lowest BCUT2D eigenvalue weighted by molar-refractivity contribution is -0.116. The number of aromatic nitrogens is 1. The van der Waals surface area contributed by atoms with Gasteiger partial charge in [0.15, 0.2) is 17.3 Å². The summed E-state index contributed by atoms with van der Waals surface area (Å²) in [5.74, 6) is 1.62. The molecule has 170 valence electrons. The zero-order valence-electron chi connectivity index (χ0n) is 18.8. The number of rotatable bonds is 5. The number of hydrogen-bond donors (Lipinski definition) is 2. The highest BCUT2D eigenvalue weighted by atomic mass is 16.5. The Hall–Kier alpha value is -3.74. The van der Waals surface area contributed by atoms with Crippen molar-refractivity contribution in [2.24, 2.45) is 0 Å². The molecule has 33 heavy (non-hydrogen) atoms. The summed E-state index contributed by atoms with van der Waals surface area (Å²) in [7, 11) is 1.61. The van der Waals surface area contributed by atoms with Crippen molar-refractivity contribution in [3.63, 3.8) is 0 Å². The molecule has 1 aliphatic heterocycles. The largest absolute Gasteiger partial charge is 0.508 e. The molecule has 2 N–H and O–H groups in total. The van der Waals surface area contributed by atoms with Crippen molar-refractivity contribution in [3.8, 4) is 17.2 Å². The summed E-state index contributed by atoms with van der Waals surface area (Å²) < 4.78 is 16.8. The van der Waals surface area contributed by atoms with Crippen LogP contribution in [0.15, 0.2) is 58.3 Å². The van der Waals surface area contributed by atoms with E-state index in [1.807, 2.05) is 44.2 Å². The first kappa shape index (κ1) is 21.1. The van der Waals surface area contributed by atoms with Gasteiger partial charge in [-0.15, -0.1) is 0 Å². The molecule has 0 spiro atoms. The average molecular weight is 447 g/mol. The minimum Gasteiger partial charge on any atom is -0.508 e. The van der Waals surface area contributed by atoms with Gasteiger partial charge in [-0.3, -0.25) is 4.79 Å². The molecule has 7 heteroatoms. The number of ketones is 1. The first-order chi connectivity index (χ1) is 16.0. The molecule has 2 aromatic carbocycles. The van der Waals surface area contributed by atoms with Crippen LogP contribution in [0.3, 0.4) is 0 Å². The van der Waals surface area contributed by atoms with Crippen LogP contribution in [0.1, 0.15) is 54.0 Å². The third kappa shape index (κ3) is 3.53. The SMILES string of the molecule is CCOc1cc([C@@H]2C3=C(C[C@H](c4ccccc4O)CC3=O)Nc3onc(C)c32)ccc1OC. The van der Waals surface area contributed by atoms with Crippen molar-refractivity contribution in [2.45, 2.75) is 38.5 Å². The van der Waals surface area contributed by atoms with Crippen LogP contribution in [0.4, 0.5) is 5.88 Å². The third-order valence-electron chi connectivity index (χ3n) is 6.46. The monoisotopic (exact) mass is 446 g/mol. The molecule has 0 saturated carbocycles. The van der Waals surface area contributed by atoms with E-state index in [1.54, 1.807) is 19.2 Å². The van der Waals surface area contributed by atoms with Crippen LogP contribution >= 0.6 is 0 Å². The van der Waals surface area contributed by atoms with Gasteiger partial charge >= 0.3 is 0 Å². The van der Waals surface area contributed by atoms with E-state index in [2.05, 4.69) is 10.5 Å². The molecular weight excluding hydrogens is 420 g/mol. The van der Waals surface area contributed by atoms with E-state index >= 15 is 0 Å². The molecule has 2 atom stereocenters. The molecule has 2 heterocycles. The number of phenols is 1. The third-order valence-corrected chi connectivity index (χ3v) is 6.46. The smallest absolute Gasteiger partial charge is 0.233 e. The number of aryl methyl sites for hydroxylation is 1. The number of allylic oxidation sites excluding steroid dienone is 2. The molecular formula is C26H26N2O5. The van der Waals surface area contributed by atoms with Crippen LogP contribution in [-0.4, -0.2) is 29.8 Å². The fraction of sp³-hybridized carbons (Fsp3) is 0.308. The van der Waals surface area contributed by atoms with Crippen LogP contribution < -0.4 is 14.8 Å². The molecule has 3 aromatic rings. The first-order valence-corrected chi connectivity index (χ1v) is 11.1. The van der Waals surface area contributed by atoms with Crippen molar-refractivity contribution in [1.82, 2.24) is 5.16 Å². The second kappa shape index (κ2) is 8.31. The van der Waals surface area contributed by atoms with Crippen LogP contribution in [0.25, 0.3) is 0 Å². The minimum absolute atomic E-state index is 0.0435. The fourth-order valence-corrected chi connectivity index (χ4v) is 5.00. The summed E-state index contributed by atoms with van der Waals surface area (Å²) in [6.45, 7) is 4.30. The first-order valence-electron chi connectivity index (χ1n) is 11.1. The predicted octanol–water partition coefficient (Wildman–Crippen LogP) is 5.05. The van der Waals surface area contributed by atoms with Gasteiger partial charge in [0.2, 0.25) is 5.88 Å². The number of Topliss-reactive ketones (excluding diaryl/α,β-unsaturated/α-hetero) is 1. The summed E-state index contributed by atoms with van der Waals surface area (Å²) in [5, 5.41) is 17.9. The molecule has 2 aliphatic rings. The topological polar surface area (TPSA) is 93.8 Å². The average Bonchev–Trinajstić information content (AvgIpc) is 3.18. The highest BCUT2D eigenvalue weighted by Gasteiger charge is 2.41. The van der Waals surface area contributed by atoms with Gasteiger partial charge in [-0.1, -0.05) is 29.4 Å². The van der Waals surface area contributed by atoms with Gasteiger partial charge in [-0.25, -0.2) is 0 Å². The van der Waals surface area contributed by atoms with Crippen molar-refractivity contribution in [1.29, 1.82) is 0 Å². The van der Waals surface area contributed by atoms with E-state index < -0.39 is 0 Å². The molecule has 5 rings (SSSR count). The number of nitrogens with one attached hydrogen (secondary N) is 1. The number of hydrogen-bond acceptors (Lipinski definition) is 7. The lowest BCUT2D eigenvalue weighted by atomic mass is 9.72. The summed E-state index contributed by atoms with van der Waals surface area (Å²) in [6, 6.07) is 13.0. The number of carbonyl (C=O) groups is 1. The predicted molar refractivity (Wildman–Crippen MR) is 123 cm³/mol. The Bertz CT molecular complexity index is 1260. The number of ether oxygens (including phenoxy) is 2. The number of carbonyl (C=O) groups excluding carboxylic acids is 1. The Balaban J connectivity index is 1.63. The van der Waals surface area contributed by atoms with Gasteiger partial charge in [0, 0.05) is 29.5 Å². The Morgan fingerprint density at radius 3 is 2.76 bits per heavy atom. The summed E-state index contributed by atoms with van der Waals surface area (Å²) >= 11 is 0. The number of anilines is 1. The number of nitrogens with zero attached hydrogens (tertiary/aromatic N) is 1. The van der Waals surface area contributed by atoms with Crippen LogP contribution in [-0.2, 0) is 4.79 Å². The molecule has 0 unspecified atom stereocenters. The lowest BCUT2D eigenvalue weighted by Gasteiger charge is -2.34. The molecule has 0 radical (unpaired) electrons. The number of benzene rings is 2. The molecule has 0 bridgehead atoms. The number of para-hydroxylation sites is 1. The maximum absolute atomic E-state index is 13.6. The standard InChI is InChI=1S/C26H26N2O5/c1-4-32-22-13-15(9-10-21(22)31-3)24-23-14(2)28-33-26(23)27-18-11-16(12-20(30)25(18)24)17-7-5-6-8-19(17)29/h5-10,13,16,24,27,29H,4,11-12H2,1-3H3/t16-,24-/m0/s1.